The summed E-state index contributed by atoms with van der Waals surface area (Å²) in [5.74, 6) is 0.733. The van der Waals surface area contributed by atoms with Crippen LogP contribution in [-0.2, 0) is 16.6 Å². The van der Waals surface area contributed by atoms with E-state index in [-0.39, 0.29) is 5.09 Å². The van der Waals surface area contributed by atoms with Crippen LogP contribution in [0.25, 0.3) is 0 Å². The molecular weight excluding hydrogens is 344 g/mol. The highest BCUT2D eigenvalue weighted by Gasteiger charge is 2.31. The zero-order valence-corrected chi connectivity index (χ0v) is 15.2. The minimum atomic E-state index is -3.46. The Morgan fingerprint density at radius 2 is 1.96 bits per heavy atom. The van der Waals surface area contributed by atoms with Crippen LogP contribution in [0.15, 0.2) is 39.2 Å². The number of thiophene rings is 1. The Morgan fingerprint density at radius 3 is 2.71 bits per heavy atom. The molecule has 0 amide bonds. The molecule has 2 aromatic rings. The summed E-state index contributed by atoms with van der Waals surface area (Å²) < 4.78 is 32.4. The topological polar surface area (TPSA) is 53.8 Å². The van der Waals surface area contributed by atoms with Gasteiger partial charge in [0.15, 0.2) is 0 Å². The molecule has 2 aliphatic heterocycles. The molecule has 2 aliphatic rings. The van der Waals surface area contributed by atoms with Crippen LogP contribution in [0.3, 0.4) is 0 Å². The highest BCUT2D eigenvalue weighted by Crippen LogP contribution is 2.36. The van der Waals surface area contributed by atoms with Gasteiger partial charge in [0.2, 0.25) is 5.09 Å². The maximum Gasteiger partial charge on any atom is 0.276 e. The first-order valence-electron chi connectivity index (χ1n) is 8.51. The molecule has 1 atom stereocenters. The van der Waals surface area contributed by atoms with Gasteiger partial charge in [0.25, 0.3) is 10.0 Å². The second-order valence-corrected chi connectivity index (χ2v) is 9.32. The van der Waals surface area contributed by atoms with Gasteiger partial charge < -0.3 is 4.42 Å². The van der Waals surface area contributed by atoms with Gasteiger partial charge in [0.1, 0.15) is 5.76 Å². The number of hydrogen-bond acceptors (Lipinski definition) is 5. The fourth-order valence-electron chi connectivity index (χ4n) is 3.66. The van der Waals surface area contributed by atoms with Crippen molar-refractivity contribution in [2.24, 2.45) is 0 Å². The molecule has 0 saturated carbocycles. The first-order valence-corrected chi connectivity index (χ1v) is 10.8. The zero-order valence-electron chi connectivity index (χ0n) is 13.6. The van der Waals surface area contributed by atoms with Crippen LogP contribution in [0.1, 0.15) is 42.4 Å². The number of rotatable bonds is 5. The van der Waals surface area contributed by atoms with Crippen LogP contribution < -0.4 is 0 Å². The molecule has 4 rings (SSSR count). The van der Waals surface area contributed by atoms with Crippen molar-refractivity contribution in [3.05, 3.63) is 40.3 Å². The molecule has 2 saturated heterocycles. The summed E-state index contributed by atoms with van der Waals surface area (Å²) in [6, 6.07) is 8.11. The number of furan rings is 1. The Kier molecular flexibility index (Phi) is 4.51. The van der Waals surface area contributed by atoms with E-state index in [9.17, 15) is 8.42 Å². The van der Waals surface area contributed by atoms with Crippen LogP contribution in [0, 0.1) is 0 Å². The average Bonchev–Trinajstić information content (AvgIpc) is 3.35. The second-order valence-electron chi connectivity index (χ2n) is 6.48. The van der Waals surface area contributed by atoms with E-state index in [1.165, 1.54) is 15.6 Å². The van der Waals surface area contributed by atoms with Gasteiger partial charge in [-0.2, -0.15) is 4.31 Å². The predicted molar refractivity (Wildman–Crippen MR) is 93.4 cm³/mol. The zero-order chi connectivity index (χ0) is 16.6. The number of hydrogen-bond donors (Lipinski definition) is 0. The summed E-state index contributed by atoms with van der Waals surface area (Å²) in [7, 11) is -3.46. The Labute approximate surface area is 146 Å². The number of nitrogens with zero attached hydrogens (tertiary/aromatic N) is 2. The van der Waals surface area contributed by atoms with Crippen LogP contribution in [0.4, 0.5) is 0 Å². The van der Waals surface area contributed by atoms with Crippen LogP contribution in [0.2, 0.25) is 0 Å². The lowest BCUT2D eigenvalue weighted by Crippen LogP contribution is -2.27. The molecular formula is C17H22N2O3S2. The highest BCUT2D eigenvalue weighted by atomic mass is 32.2. The molecule has 7 heteroatoms. The van der Waals surface area contributed by atoms with E-state index in [4.69, 9.17) is 4.42 Å². The average molecular weight is 367 g/mol. The molecule has 0 N–H and O–H groups in total. The van der Waals surface area contributed by atoms with Crippen molar-refractivity contribution in [2.75, 3.05) is 19.6 Å². The summed E-state index contributed by atoms with van der Waals surface area (Å²) in [4.78, 5) is 3.76. The quantitative estimate of drug-likeness (QED) is 0.813. The fraction of sp³-hybridized carbons (Fsp3) is 0.529. The van der Waals surface area contributed by atoms with Crippen molar-refractivity contribution in [3.8, 4) is 0 Å². The van der Waals surface area contributed by atoms with Crippen molar-refractivity contribution in [1.29, 1.82) is 0 Å². The molecule has 0 aromatic carbocycles. The predicted octanol–water partition coefficient (Wildman–Crippen LogP) is 3.46. The van der Waals surface area contributed by atoms with Gasteiger partial charge in [-0.25, -0.2) is 8.42 Å². The van der Waals surface area contributed by atoms with Gasteiger partial charge in [-0.3, -0.25) is 4.90 Å². The summed E-state index contributed by atoms with van der Waals surface area (Å²) in [5, 5.41) is 2.20. The lowest BCUT2D eigenvalue weighted by Gasteiger charge is -2.22. The van der Waals surface area contributed by atoms with Gasteiger partial charge >= 0.3 is 0 Å². The third kappa shape index (κ3) is 3.06. The van der Waals surface area contributed by atoms with E-state index in [0.717, 1.165) is 31.6 Å². The van der Waals surface area contributed by atoms with Crippen LogP contribution in [-0.4, -0.2) is 37.3 Å². The summed E-state index contributed by atoms with van der Waals surface area (Å²) in [6.07, 6.45) is 4.19. The molecule has 2 aromatic heterocycles. The molecule has 0 spiro atoms. The minimum Gasteiger partial charge on any atom is -0.447 e. The summed E-state index contributed by atoms with van der Waals surface area (Å²) >= 11 is 1.79. The van der Waals surface area contributed by atoms with E-state index in [0.29, 0.717) is 25.7 Å². The number of sulfonamides is 1. The summed E-state index contributed by atoms with van der Waals surface area (Å²) in [5.41, 5.74) is 0. The monoisotopic (exact) mass is 366 g/mol. The van der Waals surface area contributed by atoms with Gasteiger partial charge in [0, 0.05) is 24.0 Å². The maximum absolute atomic E-state index is 12.6. The molecule has 5 nitrogen and oxygen atoms in total. The molecule has 130 valence electrons. The van der Waals surface area contributed by atoms with Gasteiger partial charge in [-0.15, -0.1) is 11.3 Å². The molecule has 0 bridgehead atoms. The minimum absolute atomic E-state index is 0.0891. The molecule has 1 unspecified atom stereocenters. The van der Waals surface area contributed by atoms with Crippen molar-refractivity contribution in [1.82, 2.24) is 9.21 Å². The lowest BCUT2D eigenvalue weighted by molar-refractivity contribution is 0.223. The third-order valence-electron chi connectivity index (χ3n) is 4.89. The lowest BCUT2D eigenvalue weighted by atomic mass is 10.2. The van der Waals surface area contributed by atoms with E-state index >= 15 is 0 Å². The van der Waals surface area contributed by atoms with Gasteiger partial charge in [-0.1, -0.05) is 6.07 Å². The third-order valence-corrected chi connectivity index (χ3v) is 7.64. The van der Waals surface area contributed by atoms with Gasteiger partial charge in [0.05, 0.1) is 6.54 Å². The molecule has 0 aliphatic carbocycles. The molecule has 24 heavy (non-hydrogen) atoms. The maximum atomic E-state index is 12.6. The van der Waals surface area contributed by atoms with Crippen LogP contribution in [0.5, 0.6) is 0 Å². The van der Waals surface area contributed by atoms with E-state index < -0.39 is 10.0 Å². The number of likely N-dealkylation sites (tertiary alicyclic amines) is 1. The standard InChI is InChI=1S/C17H22N2O3S2/c20-24(21,19-10-1-2-11-19)17-8-7-14(22-17)13-18-9-3-5-15(18)16-6-4-12-23-16/h4,6-8,12,15H,1-3,5,9-11,13H2. The first kappa shape index (κ1) is 16.3. The Bertz CT molecular complexity index is 777. The fourth-order valence-corrected chi connectivity index (χ4v) is 6.00. The van der Waals surface area contributed by atoms with E-state index in [1.807, 2.05) is 6.07 Å². The largest absolute Gasteiger partial charge is 0.447 e. The molecule has 4 heterocycles. The first-order chi connectivity index (χ1) is 11.6. The SMILES string of the molecule is O=S(=O)(c1ccc(CN2CCCC2c2cccs2)o1)N1CCCC1. The van der Waals surface area contributed by atoms with Gasteiger partial charge in [-0.05, 0) is 55.8 Å². The summed E-state index contributed by atoms with van der Waals surface area (Å²) in [6.45, 7) is 2.89. The molecule has 0 radical (unpaired) electrons. The second kappa shape index (κ2) is 6.63. The Hall–Kier alpha value is -1.15. The van der Waals surface area contributed by atoms with E-state index in [1.54, 1.807) is 17.4 Å². The van der Waals surface area contributed by atoms with E-state index in [2.05, 4.69) is 22.4 Å². The Balaban J connectivity index is 1.49. The highest BCUT2D eigenvalue weighted by molar-refractivity contribution is 7.89. The smallest absolute Gasteiger partial charge is 0.276 e. The van der Waals surface area contributed by atoms with Crippen LogP contribution >= 0.6 is 11.3 Å². The van der Waals surface area contributed by atoms with Crippen molar-refractivity contribution in [3.63, 3.8) is 0 Å². The van der Waals surface area contributed by atoms with Crippen molar-refractivity contribution < 1.29 is 12.8 Å². The molecule has 2 fully saturated rings. The normalized spacial score (nSPS) is 23.2. The van der Waals surface area contributed by atoms with Crippen molar-refractivity contribution >= 4 is 21.4 Å². The Morgan fingerprint density at radius 1 is 1.12 bits per heavy atom. The van der Waals surface area contributed by atoms with Crippen molar-refractivity contribution in [2.45, 2.75) is 43.4 Å².